The number of halogens is 3. The summed E-state index contributed by atoms with van der Waals surface area (Å²) in [7, 11) is 0. The highest BCUT2D eigenvalue weighted by molar-refractivity contribution is 9.10. The molecular formula is C15H11BrClFO2. The number of para-hydroxylation sites is 1. The molecular weight excluding hydrogens is 347 g/mol. The van der Waals surface area contributed by atoms with Gasteiger partial charge in [0.05, 0.1) is 11.1 Å². The summed E-state index contributed by atoms with van der Waals surface area (Å²) in [5.74, 6) is 0.901. The maximum absolute atomic E-state index is 14.0. The molecule has 0 amide bonds. The average molecular weight is 358 g/mol. The van der Waals surface area contributed by atoms with Crippen molar-refractivity contribution in [2.75, 3.05) is 6.61 Å². The van der Waals surface area contributed by atoms with Crippen molar-refractivity contribution < 1.29 is 13.9 Å². The zero-order valence-corrected chi connectivity index (χ0v) is 12.7. The molecule has 1 unspecified atom stereocenters. The molecule has 0 fully saturated rings. The van der Waals surface area contributed by atoms with E-state index >= 15 is 0 Å². The van der Waals surface area contributed by atoms with Crippen molar-refractivity contribution in [3.05, 3.63) is 57.3 Å². The van der Waals surface area contributed by atoms with E-state index in [4.69, 9.17) is 21.1 Å². The van der Waals surface area contributed by atoms with Crippen LogP contribution in [0.5, 0.6) is 11.5 Å². The summed E-state index contributed by atoms with van der Waals surface area (Å²) in [6, 6.07) is 10.2. The van der Waals surface area contributed by atoms with E-state index in [1.807, 2.05) is 18.2 Å². The van der Waals surface area contributed by atoms with E-state index in [1.54, 1.807) is 12.1 Å². The molecule has 0 aromatic heterocycles. The topological polar surface area (TPSA) is 18.5 Å². The predicted octanol–water partition coefficient (Wildman–Crippen LogP) is 5.14. The lowest BCUT2D eigenvalue weighted by molar-refractivity contribution is 0.189. The number of rotatable bonds is 1. The van der Waals surface area contributed by atoms with Gasteiger partial charge in [0.25, 0.3) is 0 Å². The third-order valence-corrected chi connectivity index (χ3v) is 4.00. The van der Waals surface area contributed by atoms with Crippen molar-refractivity contribution in [3.63, 3.8) is 0 Å². The van der Waals surface area contributed by atoms with Crippen LogP contribution in [0.25, 0.3) is 0 Å². The molecule has 2 aromatic rings. The summed E-state index contributed by atoms with van der Waals surface area (Å²) in [5, 5.41) is 0.373. The summed E-state index contributed by atoms with van der Waals surface area (Å²) in [6.45, 7) is 0.468. The molecule has 104 valence electrons. The average Bonchev–Trinajstić information content (AvgIpc) is 2.62. The quantitative estimate of drug-likeness (QED) is 0.703. The van der Waals surface area contributed by atoms with Crippen LogP contribution in [-0.4, -0.2) is 6.61 Å². The molecule has 0 aliphatic carbocycles. The Bertz CT molecular complexity index is 648. The van der Waals surface area contributed by atoms with Crippen LogP contribution in [-0.2, 0) is 0 Å². The second-order valence-corrected chi connectivity index (χ2v) is 5.77. The minimum atomic E-state index is -0.396. The Balaban J connectivity index is 1.98. The first-order valence-electron chi connectivity index (χ1n) is 6.18. The Morgan fingerprint density at radius 2 is 2.10 bits per heavy atom. The SMILES string of the molecule is Fc1cc(Cl)ccc1C1CCOc2cccc(Br)c2O1. The Morgan fingerprint density at radius 1 is 1.25 bits per heavy atom. The van der Waals surface area contributed by atoms with Crippen LogP contribution < -0.4 is 9.47 Å². The maximum atomic E-state index is 14.0. The van der Waals surface area contributed by atoms with Gasteiger partial charge in [-0.25, -0.2) is 4.39 Å². The second-order valence-electron chi connectivity index (χ2n) is 4.48. The van der Waals surface area contributed by atoms with Gasteiger partial charge in [0.1, 0.15) is 11.9 Å². The summed E-state index contributed by atoms with van der Waals surface area (Å²) >= 11 is 9.21. The molecule has 1 aliphatic rings. The molecule has 20 heavy (non-hydrogen) atoms. The smallest absolute Gasteiger partial charge is 0.176 e. The van der Waals surface area contributed by atoms with Crippen LogP contribution in [0.2, 0.25) is 5.02 Å². The first-order valence-corrected chi connectivity index (χ1v) is 7.35. The van der Waals surface area contributed by atoms with Crippen LogP contribution in [0.15, 0.2) is 40.9 Å². The molecule has 1 aliphatic heterocycles. The van der Waals surface area contributed by atoms with Gasteiger partial charge in [-0.05, 0) is 40.2 Å². The molecule has 0 radical (unpaired) electrons. The van der Waals surface area contributed by atoms with Crippen molar-refractivity contribution >= 4 is 27.5 Å². The number of hydrogen-bond acceptors (Lipinski definition) is 2. The van der Waals surface area contributed by atoms with Crippen LogP contribution >= 0.6 is 27.5 Å². The van der Waals surface area contributed by atoms with Crippen LogP contribution in [0.4, 0.5) is 4.39 Å². The van der Waals surface area contributed by atoms with Crippen molar-refractivity contribution in [2.45, 2.75) is 12.5 Å². The van der Waals surface area contributed by atoms with E-state index in [2.05, 4.69) is 15.9 Å². The monoisotopic (exact) mass is 356 g/mol. The fraction of sp³-hybridized carbons (Fsp3) is 0.200. The number of ether oxygens (including phenoxy) is 2. The summed E-state index contributed by atoms with van der Waals surface area (Å²) in [4.78, 5) is 0. The zero-order valence-electron chi connectivity index (χ0n) is 10.4. The maximum Gasteiger partial charge on any atom is 0.176 e. The Morgan fingerprint density at radius 3 is 2.90 bits per heavy atom. The van der Waals surface area contributed by atoms with Gasteiger partial charge in [-0.3, -0.25) is 0 Å². The van der Waals surface area contributed by atoms with Gasteiger partial charge in [-0.1, -0.05) is 23.7 Å². The van der Waals surface area contributed by atoms with Gasteiger partial charge in [-0.2, -0.15) is 0 Å². The van der Waals surface area contributed by atoms with Gasteiger partial charge in [0.2, 0.25) is 0 Å². The van der Waals surface area contributed by atoms with E-state index in [-0.39, 0.29) is 5.82 Å². The lowest BCUT2D eigenvalue weighted by Gasteiger charge is -2.18. The fourth-order valence-electron chi connectivity index (χ4n) is 2.18. The third kappa shape index (κ3) is 2.63. The molecule has 2 aromatic carbocycles. The second kappa shape index (κ2) is 5.62. The molecule has 0 N–H and O–H groups in total. The van der Waals surface area contributed by atoms with E-state index in [9.17, 15) is 4.39 Å². The Kier molecular flexibility index (Phi) is 3.85. The molecule has 0 saturated carbocycles. The van der Waals surface area contributed by atoms with Crippen molar-refractivity contribution in [2.24, 2.45) is 0 Å². The standard InChI is InChI=1S/C15H11BrClFO2/c16-11-2-1-3-14-15(11)20-13(6-7-19-14)10-5-4-9(17)8-12(10)18/h1-5,8,13H,6-7H2. The Labute approximate surface area is 129 Å². The van der Waals surface area contributed by atoms with E-state index < -0.39 is 6.10 Å². The molecule has 2 nitrogen and oxygen atoms in total. The van der Waals surface area contributed by atoms with Crippen molar-refractivity contribution in [1.82, 2.24) is 0 Å². The van der Waals surface area contributed by atoms with Gasteiger partial charge in [-0.15, -0.1) is 0 Å². The van der Waals surface area contributed by atoms with E-state index in [0.29, 0.717) is 35.1 Å². The molecule has 3 rings (SSSR count). The molecule has 1 atom stereocenters. The van der Waals surface area contributed by atoms with Crippen LogP contribution in [0, 0.1) is 5.82 Å². The van der Waals surface area contributed by atoms with Crippen molar-refractivity contribution in [1.29, 1.82) is 0 Å². The molecule has 0 bridgehead atoms. The van der Waals surface area contributed by atoms with E-state index in [1.165, 1.54) is 6.07 Å². The lowest BCUT2D eigenvalue weighted by atomic mass is 10.1. The largest absolute Gasteiger partial charge is 0.489 e. The summed E-state index contributed by atoms with van der Waals surface area (Å²) in [6.07, 6.45) is 0.173. The molecule has 5 heteroatoms. The van der Waals surface area contributed by atoms with Gasteiger partial charge in [0.15, 0.2) is 11.5 Å². The zero-order chi connectivity index (χ0) is 14.1. The third-order valence-electron chi connectivity index (χ3n) is 3.14. The number of hydrogen-bond donors (Lipinski definition) is 0. The van der Waals surface area contributed by atoms with Crippen molar-refractivity contribution in [3.8, 4) is 11.5 Å². The predicted molar refractivity (Wildman–Crippen MR) is 79.0 cm³/mol. The fourth-order valence-corrected chi connectivity index (χ4v) is 2.78. The first kappa shape index (κ1) is 13.7. The molecule has 1 heterocycles. The Hall–Kier alpha value is -1.26. The lowest BCUT2D eigenvalue weighted by Crippen LogP contribution is -2.10. The van der Waals surface area contributed by atoms with Crippen LogP contribution in [0.3, 0.4) is 0 Å². The minimum Gasteiger partial charge on any atom is -0.489 e. The number of benzene rings is 2. The van der Waals surface area contributed by atoms with Crippen LogP contribution in [0.1, 0.15) is 18.1 Å². The normalized spacial score (nSPS) is 17.6. The van der Waals surface area contributed by atoms with Gasteiger partial charge >= 0.3 is 0 Å². The molecule has 0 spiro atoms. The van der Waals surface area contributed by atoms with Gasteiger partial charge < -0.3 is 9.47 Å². The number of fused-ring (bicyclic) bond motifs is 1. The summed E-state index contributed by atoms with van der Waals surface area (Å²) < 4.78 is 26.4. The highest BCUT2D eigenvalue weighted by atomic mass is 79.9. The minimum absolute atomic E-state index is 0.363. The van der Waals surface area contributed by atoms with E-state index in [0.717, 1.165) is 4.47 Å². The van der Waals surface area contributed by atoms with Gasteiger partial charge in [0, 0.05) is 17.0 Å². The molecule has 0 saturated heterocycles. The highest BCUT2D eigenvalue weighted by Gasteiger charge is 2.24. The first-order chi connectivity index (χ1) is 9.65. The summed E-state index contributed by atoms with van der Waals surface area (Å²) in [5.41, 5.74) is 0.488. The highest BCUT2D eigenvalue weighted by Crippen LogP contribution is 2.41.